The number of unbranched alkanes of at least 4 members (excludes halogenated alkanes) is 3. The minimum Gasteiger partial charge on any atom is -0.401 e. The van der Waals surface area contributed by atoms with Gasteiger partial charge in [0.05, 0.1) is 5.54 Å². The topological polar surface area (TPSA) is 38.0 Å². The fraction of sp³-hybridized carbons (Fsp3) is 0.886. The van der Waals surface area contributed by atoms with Gasteiger partial charge in [0.2, 0.25) is 0 Å². The van der Waals surface area contributed by atoms with Crippen molar-refractivity contribution in [3.63, 3.8) is 0 Å². The van der Waals surface area contributed by atoms with Crippen LogP contribution in [-0.2, 0) is 0 Å². The van der Waals surface area contributed by atoms with Crippen molar-refractivity contribution in [3.8, 4) is 0 Å². The Kier molecular flexibility index (Phi) is 14.2. The van der Waals surface area contributed by atoms with Gasteiger partial charge in [-0.3, -0.25) is 0 Å². The first-order chi connectivity index (χ1) is 18.1. The zero-order chi connectivity index (χ0) is 26.3. The Labute approximate surface area is 232 Å². The molecule has 0 radical (unpaired) electrons. The second-order valence-electron chi connectivity index (χ2n) is 13.1. The molecule has 2 unspecified atom stereocenters. The average molecular weight is 513 g/mol. The van der Waals surface area contributed by atoms with Gasteiger partial charge in [-0.25, -0.2) is 0 Å². The number of nitrogens with two attached hydrogens (primary N) is 1. The molecule has 37 heavy (non-hydrogen) atoms. The average Bonchev–Trinajstić information content (AvgIpc) is 2.87. The third-order valence-electron chi connectivity index (χ3n) is 10.6. The maximum Gasteiger partial charge on any atom is 0.0669 e. The van der Waals surface area contributed by atoms with E-state index >= 15 is 0 Å². The molecule has 5 rings (SSSR count). The molecule has 5 aliphatic rings. The van der Waals surface area contributed by atoms with Crippen LogP contribution in [0.2, 0.25) is 0 Å². The van der Waals surface area contributed by atoms with Gasteiger partial charge in [-0.1, -0.05) is 134 Å². The summed E-state index contributed by atoms with van der Waals surface area (Å²) in [6.07, 6.45) is 33.7. The normalized spacial score (nSPS) is 25.7. The maximum atomic E-state index is 6.63. The first-order valence-electron chi connectivity index (χ1n) is 17.0. The second-order valence-corrected chi connectivity index (χ2v) is 13.1. The molecule has 0 saturated heterocycles. The predicted octanol–water partition coefficient (Wildman–Crippen LogP) is 10.4. The summed E-state index contributed by atoms with van der Waals surface area (Å²) in [4.78, 5) is 0. The summed E-state index contributed by atoms with van der Waals surface area (Å²) in [6.45, 7) is 10.1. The Balaban J connectivity index is 0.000000258. The summed E-state index contributed by atoms with van der Waals surface area (Å²) < 4.78 is 0. The van der Waals surface area contributed by atoms with Gasteiger partial charge in [0.15, 0.2) is 0 Å². The van der Waals surface area contributed by atoms with E-state index in [1.807, 2.05) is 0 Å². The van der Waals surface area contributed by atoms with Crippen molar-refractivity contribution < 1.29 is 0 Å². The fourth-order valence-corrected chi connectivity index (χ4v) is 7.75. The van der Waals surface area contributed by atoms with Crippen molar-refractivity contribution in [1.82, 2.24) is 5.32 Å². The van der Waals surface area contributed by atoms with E-state index in [2.05, 4.69) is 25.7 Å². The van der Waals surface area contributed by atoms with Crippen LogP contribution in [0.4, 0.5) is 0 Å². The highest BCUT2D eigenvalue weighted by atomic mass is 15.0. The van der Waals surface area contributed by atoms with Gasteiger partial charge in [0, 0.05) is 11.6 Å². The molecular weight excluding hydrogens is 448 g/mol. The Morgan fingerprint density at radius 1 is 0.757 bits per heavy atom. The minimum atomic E-state index is -0.0337. The highest BCUT2D eigenvalue weighted by Crippen LogP contribution is 2.52. The summed E-state index contributed by atoms with van der Waals surface area (Å²) in [5, 5.41) is 4.06. The molecule has 3 fully saturated rings. The van der Waals surface area contributed by atoms with E-state index in [-0.39, 0.29) is 5.54 Å². The minimum absolute atomic E-state index is 0.0337. The largest absolute Gasteiger partial charge is 0.401 e. The third kappa shape index (κ3) is 8.87. The van der Waals surface area contributed by atoms with Crippen LogP contribution in [0.15, 0.2) is 23.4 Å². The lowest BCUT2D eigenvalue weighted by Gasteiger charge is -2.53. The quantitative estimate of drug-likeness (QED) is 0.226. The molecule has 0 aliphatic heterocycles. The smallest absolute Gasteiger partial charge is 0.0669 e. The molecule has 0 aromatic rings. The molecule has 2 heteroatoms. The first kappa shape index (κ1) is 30.8. The molecule has 0 heterocycles. The molecule has 0 aromatic carbocycles. The zero-order valence-corrected chi connectivity index (χ0v) is 25.2. The van der Waals surface area contributed by atoms with Crippen LogP contribution in [0.1, 0.15) is 168 Å². The van der Waals surface area contributed by atoms with Crippen LogP contribution in [0, 0.1) is 17.8 Å². The summed E-state index contributed by atoms with van der Waals surface area (Å²) in [5.74, 6) is 2.39. The third-order valence-corrected chi connectivity index (χ3v) is 10.6. The number of nitrogens with one attached hydrogen (secondary N) is 1. The summed E-state index contributed by atoms with van der Waals surface area (Å²) in [7, 11) is 0. The molecule has 0 aromatic heterocycles. The highest BCUT2D eigenvalue weighted by Gasteiger charge is 2.49. The van der Waals surface area contributed by atoms with E-state index in [1.54, 1.807) is 11.1 Å². The first-order valence-corrected chi connectivity index (χ1v) is 17.0. The lowest BCUT2D eigenvalue weighted by Crippen LogP contribution is -2.61. The Hall–Kier alpha value is -0.760. The monoisotopic (exact) mass is 513 g/mol. The highest BCUT2D eigenvalue weighted by molar-refractivity contribution is 5.36. The van der Waals surface area contributed by atoms with E-state index in [0.717, 1.165) is 18.2 Å². The molecule has 0 bridgehead atoms. The summed E-state index contributed by atoms with van der Waals surface area (Å²) >= 11 is 0. The molecule has 3 N–H and O–H groups in total. The SMILES string of the molecule is C1CCC1.C=C(N)C(NCCCCCC)(C1CCCCC1)C1CCCC2=C1CC2.CCC1CCCCC1. The lowest BCUT2D eigenvalue weighted by molar-refractivity contribution is 0.124. The van der Waals surface area contributed by atoms with Crippen molar-refractivity contribution in [2.45, 2.75) is 173 Å². The number of rotatable bonds is 10. The van der Waals surface area contributed by atoms with Gasteiger partial charge in [-0.15, -0.1) is 0 Å². The van der Waals surface area contributed by atoms with Gasteiger partial charge >= 0.3 is 0 Å². The van der Waals surface area contributed by atoms with E-state index in [4.69, 9.17) is 5.73 Å². The van der Waals surface area contributed by atoms with Crippen molar-refractivity contribution in [2.75, 3.05) is 6.54 Å². The van der Waals surface area contributed by atoms with Crippen LogP contribution >= 0.6 is 0 Å². The van der Waals surface area contributed by atoms with Crippen LogP contribution in [-0.4, -0.2) is 12.1 Å². The van der Waals surface area contributed by atoms with Gasteiger partial charge in [-0.2, -0.15) is 0 Å². The van der Waals surface area contributed by atoms with Crippen molar-refractivity contribution in [2.24, 2.45) is 23.5 Å². The standard InChI is InChI=1S/C23H40N2.C8H16.C4H8/c1-3-4-5-9-17-25-23(18(2)24,20-12-7-6-8-13-20)22-14-10-11-19-15-16-21(19)22;1-2-8-6-4-3-5-7-8;1-2-4-3-1/h20,22,25H,2-17,24H2,1H3;8H,2-7H2,1H3;1-4H2. The van der Waals surface area contributed by atoms with Crippen LogP contribution in [0.3, 0.4) is 0 Å². The summed E-state index contributed by atoms with van der Waals surface area (Å²) in [5.41, 5.74) is 11.1. The van der Waals surface area contributed by atoms with Gasteiger partial charge in [-0.05, 0) is 69.7 Å². The van der Waals surface area contributed by atoms with E-state index in [0.29, 0.717) is 11.8 Å². The zero-order valence-electron chi connectivity index (χ0n) is 25.2. The molecular formula is C35H64N2. The van der Waals surface area contributed by atoms with E-state index in [1.165, 1.54) is 154 Å². The lowest BCUT2D eigenvalue weighted by atomic mass is 9.58. The van der Waals surface area contributed by atoms with Crippen molar-refractivity contribution in [3.05, 3.63) is 23.4 Å². The Bertz CT molecular complexity index is 659. The van der Waals surface area contributed by atoms with Crippen molar-refractivity contribution in [1.29, 1.82) is 0 Å². The van der Waals surface area contributed by atoms with Gasteiger partial charge < -0.3 is 11.1 Å². The predicted molar refractivity (Wildman–Crippen MR) is 164 cm³/mol. The van der Waals surface area contributed by atoms with Crippen LogP contribution < -0.4 is 11.1 Å². The van der Waals surface area contributed by atoms with E-state index in [9.17, 15) is 0 Å². The Morgan fingerprint density at radius 2 is 1.38 bits per heavy atom. The second kappa shape index (κ2) is 17.0. The van der Waals surface area contributed by atoms with Gasteiger partial charge in [0.25, 0.3) is 0 Å². The number of hydrogen-bond donors (Lipinski definition) is 2. The fourth-order valence-electron chi connectivity index (χ4n) is 7.75. The molecule has 0 amide bonds. The van der Waals surface area contributed by atoms with Crippen LogP contribution in [0.5, 0.6) is 0 Å². The molecule has 2 nitrogen and oxygen atoms in total. The Morgan fingerprint density at radius 3 is 1.86 bits per heavy atom. The number of hydrogen-bond acceptors (Lipinski definition) is 2. The number of allylic oxidation sites excluding steroid dienone is 1. The molecule has 2 atom stereocenters. The van der Waals surface area contributed by atoms with E-state index < -0.39 is 0 Å². The molecule has 3 saturated carbocycles. The maximum absolute atomic E-state index is 6.63. The van der Waals surface area contributed by atoms with Crippen molar-refractivity contribution >= 4 is 0 Å². The summed E-state index contributed by atoms with van der Waals surface area (Å²) in [6, 6.07) is 0. The molecule has 0 spiro atoms. The van der Waals surface area contributed by atoms with Crippen LogP contribution in [0.25, 0.3) is 0 Å². The molecule has 5 aliphatic carbocycles. The molecule has 214 valence electrons. The van der Waals surface area contributed by atoms with Gasteiger partial charge in [0.1, 0.15) is 0 Å².